The predicted octanol–water partition coefficient (Wildman–Crippen LogP) is 3.82. The summed E-state index contributed by atoms with van der Waals surface area (Å²) < 4.78 is 10.2. The third-order valence-corrected chi connectivity index (χ3v) is 4.30. The van der Waals surface area contributed by atoms with E-state index < -0.39 is 0 Å². The fourth-order valence-corrected chi connectivity index (χ4v) is 2.61. The summed E-state index contributed by atoms with van der Waals surface area (Å²) in [6.45, 7) is 2.42. The molecule has 0 aliphatic carbocycles. The molecule has 8 nitrogen and oxygen atoms in total. The van der Waals surface area contributed by atoms with Crippen molar-refractivity contribution in [3.05, 3.63) is 48.5 Å². The molecule has 0 fully saturated rings. The van der Waals surface area contributed by atoms with E-state index >= 15 is 0 Å². The second-order valence-electron chi connectivity index (χ2n) is 6.33. The Balaban J connectivity index is 1.71. The average molecular weight is 400 g/mol. The van der Waals surface area contributed by atoms with Gasteiger partial charge >= 0.3 is 12.1 Å². The Morgan fingerprint density at radius 2 is 1.31 bits per heavy atom. The predicted molar refractivity (Wildman–Crippen MR) is 114 cm³/mol. The van der Waals surface area contributed by atoms with Gasteiger partial charge in [-0.05, 0) is 61.4 Å². The number of urea groups is 2. The zero-order valence-electron chi connectivity index (χ0n) is 17.0. The highest BCUT2D eigenvalue weighted by atomic mass is 16.5. The Kier molecular flexibility index (Phi) is 8.62. The van der Waals surface area contributed by atoms with Gasteiger partial charge in [0.2, 0.25) is 0 Å². The number of amides is 4. The Hall–Kier alpha value is -3.42. The summed E-state index contributed by atoms with van der Waals surface area (Å²) in [6.07, 6.45) is 1.36. The van der Waals surface area contributed by atoms with Crippen molar-refractivity contribution in [2.75, 3.05) is 31.4 Å². The van der Waals surface area contributed by atoms with E-state index in [2.05, 4.69) is 21.3 Å². The molecule has 156 valence electrons. The molecule has 0 heterocycles. The van der Waals surface area contributed by atoms with Crippen LogP contribution in [0.1, 0.15) is 19.8 Å². The lowest BCUT2D eigenvalue weighted by atomic mass is 10.1. The molecule has 2 aromatic carbocycles. The largest absolute Gasteiger partial charge is 0.497 e. The van der Waals surface area contributed by atoms with E-state index in [0.29, 0.717) is 24.3 Å². The molecule has 0 aliphatic rings. The summed E-state index contributed by atoms with van der Waals surface area (Å²) in [6, 6.07) is 13.5. The summed E-state index contributed by atoms with van der Waals surface area (Å²) in [4.78, 5) is 24.2. The molecule has 29 heavy (non-hydrogen) atoms. The summed E-state index contributed by atoms with van der Waals surface area (Å²) in [7, 11) is 3.18. The molecule has 0 aliphatic heterocycles. The van der Waals surface area contributed by atoms with Crippen LogP contribution in [-0.2, 0) is 0 Å². The zero-order chi connectivity index (χ0) is 21.1. The van der Waals surface area contributed by atoms with Crippen molar-refractivity contribution in [2.45, 2.75) is 25.8 Å². The Labute approximate surface area is 171 Å². The minimum absolute atomic E-state index is 0.0606. The molecular formula is C21H28N4O4. The van der Waals surface area contributed by atoms with Crippen LogP contribution in [0.4, 0.5) is 21.0 Å². The number of methoxy groups -OCH3 is 2. The minimum Gasteiger partial charge on any atom is -0.497 e. The van der Waals surface area contributed by atoms with Crippen LogP contribution in [-0.4, -0.2) is 38.9 Å². The average Bonchev–Trinajstić information content (AvgIpc) is 2.74. The lowest BCUT2D eigenvalue weighted by Crippen LogP contribution is -2.40. The highest BCUT2D eigenvalue weighted by molar-refractivity contribution is 5.90. The molecule has 0 spiro atoms. The molecule has 0 aromatic heterocycles. The maximum absolute atomic E-state index is 12.2. The molecule has 0 saturated heterocycles. The number of ether oxygens (including phenoxy) is 2. The topological polar surface area (TPSA) is 101 Å². The molecule has 4 N–H and O–H groups in total. The Morgan fingerprint density at radius 3 is 1.76 bits per heavy atom. The lowest BCUT2D eigenvalue weighted by Gasteiger charge is -2.18. The van der Waals surface area contributed by atoms with Crippen LogP contribution in [0.2, 0.25) is 0 Å². The first-order valence-electron chi connectivity index (χ1n) is 9.44. The number of nitrogens with one attached hydrogen (secondary N) is 4. The molecule has 2 aromatic rings. The fourth-order valence-electron chi connectivity index (χ4n) is 2.61. The van der Waals surface area contributed by atoms with E-state index in [4.69, 9.17) is 9.47 Å². The van der Waals surface area contributed by atoms with E-state index in [-0.39, 0.29) is 18.1 Å². The quantitative estimate of drug-likeness (QED) is 0.514. The molecular weight excluding hydrogens is 372 g/mol. The Bertz CT molecular complexity index is 778. The second-order valence-corrected chi connectivity index (χ2v) is 6.33. The summed E-state index contributed by atoms with van der Waals surface area (Å²) >= 11 is 0. The second kappa shape index (κ2) is 11.4. The molecule has 1 unspecified atom stereocenters. The summed E-state index contributed by atoms with van der Waals surface area (Å²) in [5.74, 6) is 1.45. The van der Waals surface area contributed by atoms with Gasteiger partial charge in [-0.1, -0.05) is 6.92 Å². The van der Waals surface area contributed by atoms with Gasteiger partial charge in [-0.2, -0.15) is 0 Å². The maximum Gasteiger partial charge on any atom is 0.319 e. The van der Waals surface area contributed by atoms with Gasteiger partial charge in [0.25, 0.3) is 0 Å². The first kappa shape index (κ1) is 21.9. The van der Waals surface area contributed by atoms with Crippen LogP contribution in [0.25, 0.3) is 0 Å². The number of carbonyl (C=O) groups is 2. The Morgan fingerprint density at radius 1 is 0.828 bits per heavy atom. The van der Waals surface area contributed by atoms with Gasteiger partial charge in [0, 0.05) is 24.0 Å². The van der Waals surface area contributed by atoms with E-state index in [1.165, 1.54) is 0 Å². The van der Waals surface area contributed by atoms with Gasteiger partial charge in [-0.3, -0.25) is 0 Å². The lowest BCUT2D eigenvalue weighted by molar-refractivity contribution is 0.246. The van der Waals surface area contributed by atoms with Crippen molar-refractivity contribution in [1.29, 1.82) is 0 Å². The fraction of sp³-hybridized carbons (Fsp3) is 0.333. The highest BCUT2D eigenvalue weighted by Crippen LogP contribution is 2.15. The van der Waals surface area contributed by atoms with Crippen LogP contribution in [0.3, 0.4) is 0 Å². The molecule has 2 rings (SSSR count). The van der Waals surface area contributed by atoms with E-state index in [0.717, 1.165) is 17.9 Å². The third-order valence-electron chi connectivity index (χ3n) is 4.30. The van der Waals surface area contributed by atoms with Crippen molar-refractivity contribution >= 4 is 23.4 Å². The first-order chi connectivity index (χ1) is 14.0. The molecule has 0 bridgehead atoms. The highest BCUT2D eigenvalue weighted by Gasteiger charge is 2.11. The standard InChI is InChI=1S/C21H28N4O4/c1-4-15(23-21(27)25-17-7-11-19(29-3)12-8-17)13-14-22-20(26)24-16-5-9-18(28-2)10-6-16/h5-12,15H,4,13-14H2,1-3H3,(H2,22,24,26)(H2,23,25,27). The molecule has 8 heteroatoms. The van der Waals surface area contributed by atoms with Gasteiger partial charge in [-0.25, -0.2) is 9.59 Å². The number of anilines is 2. The van der Waals surface area contributed by atoms with Crippen molar-refractivity contribution in [2.24, 2.45) is 0 Å². The van der Waals surface area contributed by atoms with Crippen molar-refractivity contribution in [3.63, 3.8) is 0 Å². The summed E-state index contributed by atoms with van der Waals surface area (Å²) in [5, 5.41) is 11.2. The monoisotopic (exact) mass is 400 g/mol. The number of hydrogen-bond donors (Lipinski definition) is 4. The van der Waals surface area contributed by atoms with Gasteiger partial charge in [0.1, 0.15) is 11.5 Å². The third kappa shape index (κ3) is 7.61. The van der Waals surface area contributed by atoms with Crippen molar-refractivity contribution in [1.82, 2.24) is 10.6 Å². The van der Waals surface area contributed by atoms with Gasteiger partial charge in [-0.15, -0.1) is 0 Å². The van der Waals surface area contributed by atoms with Crippen molar-refractivity contribution in [3.8, 4) is 11.5 Å². The number of hydrogen-bond acceptors (Lipinski definition) is 4. The van der Waals surface area contributed by atoms with E-state index in [1.54, 1.807) is 62.8 Å². The molecule has 0 radical (unpaired) electrons. The van der Waals surface area contributed by atoms with Crippen LogP contribution in [0.15, 0.2) is 48.5 Å². The zero-order valence-corrected chi connectivity index (χ0v) is 17.0. The first-order valence-corrected chi connectivity index (χ1v) is 9.44. The van der Waals surface area contributed by atoms with Crippen LogP contribution >= 0.6 is 0 Å². The van der Waals surface area contributed by atoms with Gasteiger partial charge in [0.05, 0.1) is 14.2 Å². The molecule has 0 saturated carbocycles. The number of benzene rings is 2. The van der Waals surface area contributed by atoms with Crippen LogP contribution in [0, 0.1) is 0 Å². The van der Waals surface area contributed by atoms with Gasteiger partial charge in [0.15, 0.2) is 0 Å². The minimum atomic E-state index is -0.298. The van der Waals surface area contributed by atoms with Crippen LogP contribution in [0.5, 0.6) is 11.5 Å². The number of carbonyl (C=O) groups excluding carboxylic acids is 2. The van der Waals surface area contributed by atoms with E-state index in [9.17, 15) is 9.59 Å². The van der Waals surface area contributed by atoms with Crippen molar-refractivity contribution < 1.29 is 19.1 Å². The smallest absolute Gasteiger partial charge is 0.319 e. The summed E-state index contributed by atoms with van der Waals surface area (Å²) in [5.41, 5.74) is 1.35. The van der Waals surface area contributed by atoms with Crippen LogP contribution < -0.4 is 30.7 Å². The van der Waals surface area contributed by atoms with Gasteiger partial charge < -0.3 is 30.7 Å². The molecule has 4 amide bonds. The number of rotatable bonds is 9. The maximum atomic E-state index is 12.2. The normalized spacial score (nSPS) is 11.1. The molecule has 1 atom stereocenters. The SMILES string of the molecule is CCC(CCNC(=O)Nc1ccc(OC)cc1)NC(=O)Nc1ccc(OC)cc1. The van der Waals surface area contributed by atoms with E-state index in [1.807, 2.05) is 6.92 Å².